The number of hydrogen-bond donors (Lipinski definition) is 0. The Hall–Kier alpha value is -3.35. The van der Waals surface area contributed by atoms with E-state index < -0.39 is 30.2 Å². The van der Waals surface area contributed by atoms with Crippen LogP contribution in [0.15, 0.2) is 54.6 Å². The molecule has 2 aromatic rings. The molecule has 0 aliphatic carbocycles. The van der Waals surface area contributed by atoms with E-state index in [4.69, 9.17) is 14.2 Å². The summed E-state index contributed by atoms with van der Waals surface area (Å²) in [6.07, 6.45) is -0.881. The van der Waals surface area contributed by atoms with Crippen LogP contribution in [-0.2, 0) is 19.1 Å². The van der Waals surface area contributed by atoms with Crippen LogP contribution in [0, 0.1) is 0 Å². The predicted octanol–water partition coefficient (Wildman–Crippen LogP) is 3.66. The first-order valence-corrected chi connectivity index (χ1v) is 10.1. The van der Waals surface area contributed by atoms with Crippen molar-refractivity contribution in [2.75, 3.05) is 18.6 Å². The number of nitrogens with zero attached hydrogens (tertiary/aromatic N) is 1. The molecule has 0 amide bonds. The first-order valence-electron chi connectivity index (χ1n) is 10.1. The van der Waals surface area contributed by atoms with E-state index in [0.29, 0.717) is 17.0 Å². The highest BCUT2D eigenvalue weighted by molar-refractivity contribution is 6.06. The van der Waals surface area contributed by atoms with Crippen LogP contribution in [0.1, 0.15) is 38.1 Å². The standard InChI is InChI=1S/C24H29NO6/c1-16(2)30-23(27)22(24(28)31-17(3)4)25(19-11-13-20(29-5)14-12-19)15-21(26)18-9-7-6-8-10-18/h6-14,16-17,22H,15H2,1-5H3. The van der Waals surface area contributed by atoms with Crippen molar-refractivity contribution in [2.24, 2.45) is 0 Å². The summed E-state index contributed by atoms with van der Waals surface area (Å²) in [6.45, 7) is 6.54. The lowest BCUT2D eigenvalue weighted by Gasteiger charge is -2.31. The summed E-state index contributed by atoms with van der Waals surface area (Å²) in [5.41, 5.74) is 0.950. The summed E-state index contributed by atoms with van der Waals surface area (Å²) >= 11 is 0. The van der Waals surface area contributed by atoms with E-state index in [1.807, 2.05) is 0 Å². The van der Waals surface area contributed by atoms with Gasteiger partial charge in [-0.25, -0.2) is 9.59 Å². The van der Waals surface area contributed by atoms with E-state index in [-0.39, 0.29) is 12.3 Å². The third-order valence-corrected chi connectivity index (χ3v) is 4.28. The first-order chi connectivity index (χ1) is 14.7. The largest absolute Gasteiger partial charge is 0.497 e. The highest BCUT2D eigenvalue weighted by Crippen LogP contribution is 2.23. The fourth-order valence-corrected chi connectivity index (χ4v) is 2.92. The molecule has 0 aromatic heterocycles. The van der Waals surface area contributed by atoms with Gasteiger partial charge in [-0.3, -0.25) is 4.79 Å². The Morgan fingerprint density at radius 1 is 0.806 bits per heavy atom. The molecule has 0 aliphatic heterocycles. The first kappa shape index (κ1) is 23.9. The van der Waals surface area contributed by atoms with Gasteiger partial charge in [0.25, 0.3) is 0 Å². The summed E-state index contributed by atoms with van der Waals surface area (Å²) in [5, 5.41) is 0. The van der Waals surface area contributed by atoms with Gasteiger partial charge in [0.15, 0.2) is 5.78 Å². The average Bonchev–Trinajstić information content (AvgIpc) is 2.72. The van der Waals surface area contributed by atoms with Gasteiger partial charge in [0.05, 0.1) is 25.9 Å². The molecule has 2 rings (SSSR count). The van der Waals surface area contributed by atoms with Crippen LogP contribution in [0.4, 0.5) is 5.69 Å². The second kappa shape index (κ2) is 11.2. The van der Waals surface area contributed by atoms with Gasteiger partial charge in [0.1, 0.15) is 5.75 Å². The zero-order valence-electron chi connectivity index (χ0n) is 18.5. The third-order valence-electron chi connectivity index (χ3n) is 4.28. The van der Waals surface area contributed by atoms with Crippen LogP contribution in [-0.4, -0.2) is 49.6 Å². The molecule has 0 bridgehead atoms. The lowest BCUT2D eigenvalue weighted by molar-refractivity contribution is -0.161. The normalized spacial score (nSPS) is 10.8. The Bertz CT molecular complexity index is 855. The molecule has 7 nitrogen and oxygen atoms in total. The molecule has 7 heteroatoms. The van der Waals surface area contributed by atoms with Crippen LogP contribution in [0.2, 0.25) is 0 Å². The Labute approximate surface area is 182 Å². The number of ketones is 1. The molecular formula is C24H29NO6. The Morgan fingerprint density at radius 2 is 1.32 bits per heavy atom. The van der Waals surface area contributed by atoms with Crippen molar-refractivity contribution >= 4 is 23.4 Å². The van der Waals surface area contributed by atoms with Crippen LogP contribution < -0.4 is 9.64 Å². The summed E-state index contributed by atoms with van der Waals surface area (Å²) in [7, 11) is 1.54. The highest BCUT2D eigenvalue weighted by atomic mass is 16.6. The van der Waals surface area contributed by atoms with E-state index in [2.05, 4.69) is 0 Å². The summed E-state index contributed by atoms with van der Waals surface area (Å²) in [4.78, 5) is 40.2. The van der Waals surface area contributed by atoms with E-state index in [1.54, 1.807) is 82.3 Å². The molecule has 0 saturated heterocycles. The van der Waals surface area contributed by atoms with Gasteiger partial charge in [-0.1, -0.05) is 30.3 Å². The van der Waals surface area contributed by atoms with Gasteiger partial charge in [0.2, 0.25) is 6.04 Å². The number of carbonyl (C=O) groups excluding carboxylic acids is 3. The molecule has 166 valence electrons. The molecule has 0 unspecified atom stereocenters. The fraction of sp³-hybridized carbons (Fsp3) is 0.375. The van der Waals surface area contributed by atoms with E-state index in [9.17, 15) is 14.4 Å². The molecule has 0 N–H and O–H groups in total. The summed E-state index contributed by atoms with van der Waals surface area (Å²) in [6, 6.07) is 14.0. The minimum Gasteiger partial charge on any atom is -0.497 e. The molecule has 31 heavy (non-hydrogen) atoms. The highest BCUT2D eigenvalue weighted by Gasteiger charge is 2.38. The van der Waals surface area contributed by atoms with Gasteiger partial charge in [0, 0.05) is 11.3 Å². The topological polar surface area (TPSA) is 82.1 Å². The smallest absolute Gasteiger partial charge is 0.340 e. The molecule has 0 heterocycles. The molecule has 0 spiro atoms. The van der Waals surface area contributed by atoms with E-state index in [1.165, 1.54) is 12.0 Å². The molecular weight excluding hydrogens is 398 g/mol. The fourth-order valence-electron chi connectivity index (χ4n) is 2.92. The maximum absolute atomic E-state index is 13.0. The zero-order chi connectivity index (χ0) is 23.0. The number of Topliss-reactive ketones (excluding diaryl/α,β-unsaturated/α-hetero) is 1. The van der Waals surface area contributed by atoms with E-state index >= 15 is 0 Å². The molecule has 0 radical (unpaired) electrons. The summed E-state index contributed by atoms with van der Waals surface area (Å²) < 4.78 is 15.9. The van der Waals surface area contributed by atoms with Crippen molar-refractivity contribution in [3.63, 3.8) is 0 Å². The van der Waals surface area contributed by atoms with Crippen LogP contribution in [0.25, 0.3) is 0 Å². The van der Waals surface area contributed by atoms with Crippen molar-refractivity contribution in [3.05, 3.63) is 60.2 Å². The van der Waals surface area contributed by atoms with Crippen molar-refractivity contribution in [3.8, 4) is 5.75 Å². The molecule has 0 fully saturated rings. The lowest BCUT2D eigenvalue weighted by Crippen LogP contribution is -2.51. The number of benzene rings is 2. The molecule has 0 aliphatic rings. The van der Waals surface area contributed by atoms with Gasteiger partial charge >= 0.3 is 11.9 Å². The average molecular weight is 427 g/mol. The van der Waals surface area contributed by atoms with Crippen molar-refractivity contribution in [2.45, 2.75) is 45.9 Å². The maximum Gasteiger partial charge on any atom is 0.340 e. The third kappa shape index (κ3) is 6.84. The van der Waals surface area contributed by atoms with Gasteiger partial charge in [-0.15, -0.1) is 0 Å². The van der Waals surface area contributed by atoms with Crippen molar-refractivity contribution < 1.29 is 28.6 Å². The van der Waals surface area contributed by atoms with E-state index in [0.717, 1.165) is 0 Å². The number of ether oxygens (including phenoxy) is 3. The Morgan fingerprint density at radius 3 is 1.77 bits per heavy atom. The number of methoxy groups -OCH3 is 1. The predicted molar refractivity (Wildman–Crippen MR) is 117 cm³/mol. The Balaban J connectivity index is 2.49. The number of esters is 2. The van der Waals surface area contributed by atoms with Crippen molar-refractivity contribution in [1.29, 1.82) is 0 Å². The Kier molecular flexibility index (Phi) is 8.61. The van der Waals surface area contributed by atoms with Crippen LogP contribution >= 0.6 is 0 Å². The van der Waals surface area contributed by atoms with Gasteiger partial charge in [-0.05, 0) is 52.0 Å². The van der Waals surface area contributed by atoms with Gasteiger partial charge in [-0.2, -0.15) is 0 Å². The molecule has 2 aromatic carbocycles. The SMILES string of the molecule is COc1ccc(N(CC(=O)c2ccccc2)C(C(=O)OC(C)C)C(=O)OC(C)C)cc1. The summed E-state index contributed by atoms with van der Waals surface area (Å²) in [5.74, 6) is -1.21. The number of carbonyl (C=O) groups is 3. The maximum atomic E-state index is 13.0. The second-order valence-electron chi connectivity index (χ2n) is 7.49. The number of anilines is 1. The van der Waals surface area contributed by atoms with Gasteiger partial charge < -0.3 is 19.1 Å². The van der Waals surface area contributed by atoms with Crippen LogP contribution in [0.3, 0.4) is 0 Å². The quantitative estimate of drug-likeness (QED) is 0.325. The minimum atomic E-state index is -1.44. The van der Waals surface area contributed by atoms with Crippen LogP contribution in [0.5, 0.6) is 5.75 Å². The number of rotatable bonds is 10. The zero-order valence-corrected chi connectivity index (χ0v) is 18.5. The van der Waals surface area contributed by atoms with Crippen molar-refractivity contribution in [1.82, 2.24) is 0 Å². The number of hydrogen-bond acceptors (Lipinski definition) is 7. The lowest BCUT2D eigenvalue weighted by atomic mass is 10.1. The molecule has 0 saturated carbocycles. The monoisotopic (exact) mass is 427 g/mol. The molecule has 0 atom stereocenters. The minimum absolute atomic E-state index is 0.221. The second-order valence-corrected chi connectivity index (χ2v) is 7.49.